The molecule has 17 heteroatoms. The van der Waals surface area contributed by atoms with Crippen LogP contribution in [0.4, 0.5) is 9.18 Å². The number of alkyl halides is 1. The Balaban J connectivity index is 3.17. The van der Waals surface area contributed by atoms with Gasteiger partial charge < -0.3 is 40.2 Å². The first-order valence-electron chi connectivity index (χ1n) is 14.4. The summed E-state index contributed by atoms with van der Waals surface area (Å²) in [5, 5.41) is 9.26. The van der Waals surface area contributed by atoms with Gasteiger partial charge in [-0.15, -0.1) is 0 Å². The molecule has 1 unspecified atom stereocenters. The molecule has 0 aromatic heterocycles. The molecule has 0 saturated heterocycles. The third kappa shape index (κ3) is 14.7. The van der Waals surface area contributed by atoms with Crippen LogP contribution in [0.2, 0.25) is 0 Å². The highest BCUT2D eigenvalue weighted by Gasteiger charge is 2.34. The summed E-state index contributed by atoms with van der Waals surface area (Å²) >= 11 is 0. The monoisotopic (exact) mass is 668 g/mol. The Kier molecular flexibility index (Phi) is 17.7. The first-order chi connectivity index (χ1) is 22.3. The van der Waals surface area contributed by atoms with Crippen LogP contribution in [0, 0.1) is 5.92 Å². The Bertz CT molecular complexity index is 1260. The molecule has 260 valence electrons. The van der Waals surface area contributed by atoms with Crippen molar-refractivity contribution in [3.63, 3.8) is 0 Å². The number of benzene rings is 1. The molecule has 1 rings (SSSR count). The molecule has 1 aromatic carbocycles. The summed E-state index contributed by atoms with van der Waals surface area (Å²) in [4.78, 5) is 99.9. The van der Waals surface area contributed by atoms with Crippen molar-refractivity contribution in [2.75, 3.05) is 28.0 Å². The van der Waals surface area contributed by atoms with E-state index in [2.05, 4.69) is 35.5 Å². The Hall–Kier alpha value is -5.09. The molecule has 4 amide bonds. The molecule has 0 heterocycles. The summed E-state index contributed by atoms with van der Waals surface area (Å²) in [7, 11) is 3.21. The number of hydrogen-bond donors (Lipinski definition) is 4. The quantitative estimate of drug-likeness (QED) is 0.113. The molecule has 4 atom stereocenters. The fraction of sp³-hybridized carbons (Fsp3) is 0.533. The molecule has 0 aliphatic rings. The molecule has 16 nitrogen and oxygen atoms in total. The number of carbonyl (C=O) groups excluding carboxylic acids is 8. The van der Waals surface area contributed by atoms with Gasteiger partial charge in [0.05, 0.1) is 34.2 Å². The van der Waals surface area contributed by atoms with E-state index in [1.165, 1.54) is 13.8 Å². The number of halogens is 1. The highest BCUT2D eigenvalue weighted by Crippen LogP contribution is 2.09. The number of Topliss-reactive ketones (excluding diaryl/α,β-unsaturated/α-hetero) is 1. The van der Waals surface area contributed by atoms with Crippen molar-refractivity contribution in [2.45, 2.75) is 70.3 Å². The SMILES string of the molecule is COC(=O)CC[C@H](NC(=O)[C@H](CC(=O)OC)NC(=O)OCc1ccccc1)C(=O)NC(C(=O)N[C@@H](CC(=O)OC)C(=O)CF)C(C)C. The maximum atomic E-state index is 13.4. The third-order valence-corrected chi connectivity index (χ3v) is 6.60. The van der Waals surface area contributed by atoms with E-state index in [4.69, 9.17) is 4.74 Å². The molecular weight excluding hydrogens is 627 g/mol. The second-order valence-corrected chi connectivity index (χ2v) is 10.4. The molecular formula is C30H41FN4O12. The summed E-state index contributed by atoms with van der Waals surface area (Å²) in [6.45, 7) is 1.44. The van der Waals surface area contributed by atoms with Crippen molar-refractivity contribution in [3.8, 4) is 0 Å². The Morgan fingerprint density at radius 1 is 0.681 bits per heavy atom. The predicted molar refractivity (Wildman–Crippen MR) is 160 cm³/mol. The minimum atomic E-state index is -1.59. The molecule has 0 fully saturated rings. The van der Waals surface area contributed by atoms with Gasteiger partial charge in [-0.3, -0.25) is 33.6 Å². The van der Waals surface area contributed by atoms with Crippen LogP contribution in [0.1, 0.15) is 45.1 Å². The molecule has 0 radical (unpaired) electrons. The summed E-state index contributed by atoms with van der Waals surface area (Å²) in [6.07, 6.45) is -3.09. The normalized spacial score (nSPS) is 13.1. The number of ketones is 1. The first kappa shape index (κ1) is 39.9. The average Bonchev–Trinajstić information content (AvgIpc) is 3.06. The van der Waals surface area contributed by atoms with Crippen molar-refractivity contribution < 1.29 is 61.7 Å². The zero-order valence-electron chi connectivity index (χ0n) is 26.8. The van der Waals surface area contributed by atoms with Gasteiger partial charge in [0.25, 0.3) is 0 Å². The van der Waals surface area contributed by atoms with Gasteiger partial charge in [0.15, 0.2) is 5.78 Å². The van der Waals surface area contributed by atoms with Gasteiger partial charge in [-0.05, 0) is 17.9 Å². The third-order valence-electron chi connectivity index (χ3n) is 6.60. The fourth-order valence-corrected chi connectivity index (χ4v) is 3.91. The van der Waals surface area contributed by atoms with E-state index in [0.717, 1.165) is 21.3 Å². The molecule has 47 heavy (non-hydrogen) atoms. The number of esters is 3. The van der Waals surface area contributed by atoms with E-state index in [1.54, 1.807) is 30.3 Å². The van der Waals surface area contributed by atoms with E-state index in [-0.39, 0.29) is 19.4 Å². The lowest BCUT2D eigenvalue weighted by Gasteiger charge is -2.27. The zero-order valence-corrected chi connectivity index (χ0v) is 26.8. The van der Waals surface area contributed by atoms with Gasteiger partial charge in [0.2, 0.25) is 17.7 Å². The van der Waals surface area contributed by atoms with Crippen molar-refractivity contribution in [2.24, 2.45) is 5.92 Å². The Morgan fingerprint density at radius 3 is 1.74 bits per heavy atom. The van der Waals surface area contributed by atoms with E-state index >= 15 is 0 Å². The van der Waals surface area contributed by atoms with Crippen molar-refractivity contribution in [3.05, 3.63) is 35.9 Å². The van der Waals surface area contributed by atoms with Crippen LogP contribution in [0.3, 0.4) is 0 Å². The van der Waals surface area contributed by atoms with Crippen LogP contribution in [-0.2, 0) is 59.1 Å². The Morgan fingerprint density at radius 2 is 1.21 bits per heavy atom. The maximum Gasteiger partial charge on any atom is 0.408 e. The van der Waals surface area contributed by atoms with Crippen LogP contribution >= 0.6 is 0 Å². The molecule has 0 saturated carbocycles. The number of carbonyl (C=O) groups is 8. The molecule has 0 aliphatic carbocycles. The second kappa shape index (κ2) is 20.8. The molecule has 1 aromatic rings. The number of methoxy groups -OCH3 is 3. The summed E-state index contributed by atoms with van der Waals surface area (Å²) in [5.41, 5.74) is 0.644. The minimum absolute atomic E-state index is 0.153. The lowest BCUT2D eigenvalue weighted by Crippen LogP contribution is -2.59. The van der Waals surface area contributed by atoms with E-state index in [0.29, 0.717) is 5.56 Å². The Labute approximate surface area is 270 Å². The minimum Gasteiger partial charge on any atom is -0.469 e. The summed E-state index contributed by atoms with van der Waals surface area (Å²) < 4.78 is 31.9. The predicted octanol–water partition coefficient (Wildman–Crippen LogP) is 0.00980. The van der Waals surface area contributed by atoms with Gasteiger partial charge in [-0.1, -0.05) is 44.2 Å². The van der Waals surface area contributed by atoms with Crippen LogP contribution in [0.5, 0.6) is 0 Å². The lowest BCUT2D eigenvalue weighted by atomic mass is 10.0. The van der Waals surface area contributed by atoms with Gasteiger partial charge >= 0.3 is 24.0 Å². The fourth-order valence-electron chi connectivity index (χ4n) is 3.91. The highest BCUT2D eigenvalue weighted by molar-refractivity contribution is 5.97. The molecule has 0 bridgehead atoms. The maximum absolute atomic E-state index is 13.4. The summed E-state index contributed by atoms with van der Waals surface area (Å²) in [5.74, 6) is -7.21. The average molecular weight is 669 g/mol. The van der Waals surface area contributed by atoms with Crippen LogP contribution in [0.15, 0.2) is 30.3 Å². The number of nitrogens with one attached hydrogen (secondary N) is 4. The molecule has 0 spiro atoms. The molecule has 0 aliphatic heterocycles. The number of hydrogen-bond acceptors (Lipinski definition) is 12. The zero-order chi connectivity index (χ0) is 35.5. The van der Waals surface area contributed by atoms with Crippen LogP contribution < -0.4 is 21.3 Å². The van der Waals surface area contributed by atoms with Crippen LogP contribution in [-0.4, -0.2) is 99.7 Å². The van der Waals surface area contributed by atoms with E-state index in [1.807, 2.05) is 0 Å². The highest BCUT2D eigenvalue weighted by atomic mass is 19.1. The van der Waals surface area contributed by atoms with Crippen molar-refractivity contribution in [1.29, 1.82) is 0 Å². The largest absolute Gasteiger partial charge is 0.469 e. The number of ether oxygens (including phenoxy) is 4. The van der Waals surface area contributed by atoms with Crippen molar-refractivity contribution >= 4 is 47.5 Å². The first-order valence-corrected chi connectivity index (χ1v) is 14.4. The van der Waals surface area contributed by atoms with Gasteiger partial charge in [-0.25, -0.2) is 9.18 Å². The van der Waals surface area contributed by atoms with Crippen LogP contribution in [0.25, 0.3) is 0 Å². The number of rotatable bonds is 19. The van der Waals surface area contributed by atoms with Gasteiger partial charge in [0, 0.05) is 6.42 Å². The van der Waals surface area contributed by atoms with Gasteiger partial charge in [-0.2, -0.15) is 0 Å². The topological polar surface area (TPSA) is 222 Å². The molecule has 4 N–H and O–H groups in total. The number of amides is 4. The summed E-state index contributed by atoms with van der Waals surface area (Å²) in [6, 6.07) is 2.54. The number of alkyl carbamates (subject to hydrolysis) is 1. The van der Waals surface area contributed by atoms with E-state index in [9.17, 15) is 42.7 Å². The van der Waals surface area contributed by atoms with Crippen molar-refractivity contribution in [1.82, 2.24) is 21.3 Å². The smallest absolute Gasteiger partial charge is 0.408 e. The lowest BCUT2D eigenvalue weighted by molar-refractivity contribution is -0.144. The van der Waals surface area contributed by atoms with E-state index < -0.39 is 97.1 Å². The standard InChI is InChI=1S/C30H41FN4O12/c1-17(2)26(29(42)33-20(22(36)15-31)13-24(38)45-4)35-27(40)19(11-12-23(37)44-3)32-28(41)21(14-25(39)46-5)34-30(43)47-16-18-9-7-6-8-10-18/h6-10,17,19-21,26H,11-16H2,1-5H3,(H,32,41)(H,33,42)(H,34,43)(H,35,40)/t19-,20-,21-,26?/m0/s1. The van der Waals surface area contributed by atoms with Gasteiger partial charge in [0.1, 0.15) is 37.4 Å². The second-order valence-electron chi connectivity index (χ2n) is 10.4.